The fraction of sp³-hybridized carbons (Fsp3) is 0.538. The second-order valence-corrected chi connectivity index (χ2v) is 5.32. The highest BCUT2D eigenvalue weighted by atomic mass is 79.9. The molecule has 0 radical (unpaired) electrons. The zero-order valence-corrected chi connectivity index (χ0v) is 12.0. The van der Waals surface area contributed by atoms with Crippen LogP contribution in [-0.2, 0) is 6.54 Å². The number of aliphatic hydroxyl groups excluding tert-OH is 1. The molecule has 1 heterocycles. The molecular formula is C13H18BrNO3. The van der Waals surface area contributed by atoms with Crippen LogP contribution in [0.1, 0.15) is 25.3 Å². The molecule has 1 aliphatic rings. The van der Waals surface area contributed by atoms with Gasteiger partial charge >= 0.3 is 0 Å². The molecule has 0 spiro atoms. The minimum absolute atomic E-state index is 0.218. The van der Waals surface area contributed by atoms with E-state index in [1.54, 1.807) is 0 Å². The van der Waals surface area contributed by atoms with Crippen molar-refractivity contribution in [2.75, 3.05) is 13.3 Å². The Morgan fingerprint density at radius 1 is 1.39 bits per heavy atom. The fourth-order valence-electron chi connectivity index (χ4n) is 1.84. The van der Waals surface area contributed by atoms with Crippen molar-refractivity contribution in [3.8, 4) is 11.5 Å². The zero-order valence-electron chi connectivity index (χ0n) is 10.4. The lowest BCUT2D eigenvalue weighted by molar-refractivity contribution is 0.174. The molecule has 0 aliphatic carbocycles. The molecule has 0 amide bonds. The third-order valence-corrected chi connectivity index (χ3v) is 3.57. The Kier molecular flexibility index (Phi) is 4.86. The monoisotopic (exact) mass is 315 g/mol. The van der Waals surface area contributed by atoms with Crippen LogP contribution in [0.3, 0.4) is 0 Å². The molecule has 0 saturated heterocycles. The molecule has 1 aromatic carbocycles. The van der Waals surface area contributed by atoms with Gasteiger partial charge in [-0.25, -0.2) is 0 Å². The maximum absolute atomic E-state index is 9.15. The minimum atomic E-state index is -0.218. The minimum Gasteiger partial charge on any atom is -0.454 e. The number of nitrogens with one attached hydrogen (secondary N) is 1. The maximum atomic E-state index is 9.15. The number of rotatable bonds is 6. The topological polar surface area (TPSA) is 50.7 Å². The van der Waals surface area contributed by atoms with E-state index in [0.717, 1.165) is 47.5 Å². The van der Waals surface area contributed by atoms with Gasteiger partial charge in [0.1, 0.15) is 0 Å². The molecule has 4 nitrogen and oxygen atoms in total. The molecule has 0 saturated carbocycles. The summed E-state index contributed by atoms with van der Waals surface area (Å²) < 4.78 is 11.7. The number of fused-ring (bicyclic) bond motifs is 1. The van der Waals surface area contributed by atoms with Gasteiger partial charge in [-0.2, -0.15) is 0 Å². The number of benzene rings is 1. The number of aliphatic hydroxyl groups is 1. The summed E-state index contributed by atoms with van der Waals surface area (Å²) in [6, 6.07) is 3.93. The molecular weight excluding hydrogens is 298 g/mol. The highest BCUT2D eigenvalue weighted by Crippen LogP contribution is 2.36. The van der Waals surface area contributed by atoms with E-state index in [1.807, 2.05) is 19.1 Å². The lowest BCUT2D eigenvalue weighted by Crippen LogP contribution is -2.16. The molecule has 5 heteroatoms. The van der Waals surface area contributed by atoms with E-state index < -0.39 is 0 Å². The summed E-state index contributed by atoms with van der Waals surface area (Å²) in [7, 11) is 0. The normalized spacial score (nSPS) is 14.8. The molecule has 18 heavy (non-hydrogen) atoms. The smallest absolute Gasteiger partial charge is 0.231 e. The van der Waals surface area contributed by atoms with Gasteiger partial charge in [0.15, 0.2) is 11.5 Å². The summed E-state index contributed by atoms with van der Waals surface area (Å²) in [4.78, 5) is 0. The predicted molar refractivity (Wildman–Crippen MR) is 72.9 cm³/mol. The number of hydrogen-bond donors (Lipinski definition) is 2. The first-order valence-electron chi connectivity index (χ1n) is 6.13. The Morgan fingerprint density at radius 2 is 2.11 bits per heavy atom. The van der Waals surface area contributed by atoms with E-state index in [1.165, 1.54) is 0 Å². The molecule has 1 atom stereocenters. The fourth-order valence-corrected chi connectivity index (χ4v) is 2.30. The third-order valence-electron chi connectivity index (χ3n) is 2.83. The van der Waals surface area contributed by atoms with Crippen molar-refractivity contribution < 1.29 is 14.6 Å². The van der Waals surface area contributed by atoms with Crippen LogP contribution in [0.25, 0.3) is 0 Å². The quantitative estimate of drug-likeness (QED) is 0.792. The van der Waals surface area contributed by atoms with Crippen molar-refractivity contribution in [3.63, 3.8) is 0 Å². The van der Waals surface area contributed by atoms with Crippen molar-refractivity contribution in [1.29, 1.82) is 0 Å². The number of ether oxygens (including phenoxy) is 2. The zero-order chi connectivity index (χ0) is 13.0. The van der Waals surface area contributed by atoms with Crippen molar-refractivity contribution in [2.24, 2.45) is 0 Å². The van der Waals surface area contributed by atoms with E-state index in [-0.39, 0.29) is 6.10 Å². The summed E-state index contributed by atoms with van der Waals surface area (Å²) in [5.41, 5.74) is 1.15. The summed E-state index contributed by atoms with van der Waals surface area (Å²) in [6.45, 7) is 3.78. The number of halogens is 1. The van der Waals surface area contributed by atoms with Gasteiger partial charge in [0, 0.05) is 11.0 Å². The van der Waals surface area contributed by atoms with Gasteiger partial charge in [-0.1, -0.05) is 15.9 Å². The van der Waals surface area contributed by atoms with Gasteiger partial charge in [0.05, 0.1) is 6.10 Å². The summed E-state index contributed by atoms with van der Waals surface area (Å²) in [6.07, 6.45) is 1.58. The Morgan fingerprint density at radius 3 is 2.83 bits per heavy atom. The largest absolute Gasteiger partial charge is 0.454 e. The predicted octanol–water partition coefficient (Wildman–Crippen LogP) is 2.43. The van der Waals surface area contributed by atoms with E-state index in [9.17, 15) is 0 Å². The average molecular weight is 316 g/mol. The van der Waals surface area contributed by atoms with Crippen LogP contribution in [0.5, 0.6) is 11.5 Å². The third kappa shape index (κ3) is 3.60. The average Bonchev–Trinajstić information content (AvgIpc) is 2.75. The molecule has 1 aromatic rings. The highest BCUT2D eigenvalue weighted by Gasteiger charge is 2.15. The summed E-state index contributed by atoms with van der Waals surface area (Å²) in [5, 5.41) is 12.5. The molecule has 1 aliphatic heterocycles. The van der Waals surface area contributed by atoms with E-state index in [4.69, 9.17) is 14.6 Å². The SMILES string of the molecule is CC(O)CCCNCc1cc2c(cc1Br)OCO2. The first-order valence-corrected chi connectivity index (χ1v) is 6.93. The lowest BCUT2D eigenvalue weighted by Gasteiger charge is -2.09. The highest BCUT2D eigenvalue weighted by molar-refractivity contribution is 9.10. The van der Waals surface area contributed by atoms with E-state index in [2.05, 4.69) is 21.2 Å². The van der Waals surface area contributed by atoms with E-state index >= 15 is 0 Å². The summed E-state index contributed by atoms with van der Waals surface area (Å²) in [5.74, 6) is 1.60. The Labute approximate surface area is 115 Å². The first-order chi connectivity index (χ1) is 8.66. The van der Waals surface area contributed by atoms with Crippen LogP contribution in [0.4, 0.5) is 0 Å². The van der Waals surface area contributed by atoms with Crippen molar-refractivity contribution in [3.05, 3.63) is 22.2 Å². The van der Waals surface area contributed by atoms with Gasteiger partial charge in [-0.3, -0.25) is 0 Å². The van der Waals surface area contributed by atoms with Crippen LogP contribution < -0.4 is 14.8 Å². The standard InChI is InChI=1S/C13H18BrNO3/c1-9(16)3-2-4-15-7-10-5-12-13(6-11(10)14)18-8-17-12/h5-6,9,15-16H,2-4,7-8H2,1H3. The van der Waals surface area contributed by atoms with Crippen LogP contribution in [0, 0.1) is 0 Å². The van der Waals surface area contributed by atoms with Gasteiger partial charge in [-0.15, -0.1) is 0 Å². The van der Waals surface area contributed by atoms with Gasteiger partial charge in [0.2, 0.25) is 6.79 Å². The van der Waals surface area contributed by atoms with Gasteiger partial charge in [-0.05, 0) is 44.0 Å². The maximum Gasteiger partial charge on any atom is 0.231 e. The molecule has 2 N–H and O–H groups in total. The Balaban J connectivity index is 1.82. The Hall–Kier alpha value is -0.780. The van der Waals surface area contributed by atoms with Gasteiger partial charge < -0.3 is 19.9 Å². The Bertz CT molecular complexity index is 409. The van der Waals surface area contributed by atoms with Crippen LogP contribution in [0.2, 0.25) is 0 Å². The molecule has 2 rings (SSSR count). The molecule has 0 aromatic heterocycles. The van der Waals surface area contributed by atoms with Crippen LogP contribution in [0.15, 0.2) is 16.6 Å². The van der Waals surface area contributed by atoms with Crippen LogP contribution >= 0.6 is 15.9 Å². The molecule has 100 valence electrons. The first kappa shape index (κ1) is 13.6. The van der Waals surface area contributed by atoms with Gasteiger partial charge in [0.25, 0.3) is 0 Å². The molecule has 0 fully saturated rings. The van der Waals surface area contributed by atoms with Crippen LogP contribution in [-0.4, -0.2) is 24.5 Å². The molecule has 1 unspecified atom stereocenters. The second kappa shape index (κ2) is 6.41. The van der Waals surface area contributed by atoms with Crippen molar-refractivity contribution in [1.82, 2.24) is 5.32 Å². The van der Waals surface area contributed by atoms with Crippen molar-refractivity contribution in [2.45, 2.75) is 32.4 Å². The van der Waals surface area contributed by atoms with Crippen molar-refractivity contribution >= 4 is 15.9 Å². The van der Waals surface area contributed by atoms with E-state index in [0.29, 0.717) is 6.79 Å². The summed E-state index contributed by atoms with van der Waals surface area (Å²) >= 11 is 3.53. The number of hydrogen-bond acceptors (Lipinski definition) is 4. The second-order valence-electron chi connectivity index (χ2n) is 4.46. The molecule has 0 bridgehead atoms. The lowest BCUT2D eigenvalue weighted by atomic mass is 10.2.